The summed E-state index contributed by atoms with van der Waals surface area (Å²) in [7, 11) is -7.96. The van der Waals surface area contributed by atoms with E-state index in [4.69, 9.17) is 5.14 Å². The van der Waals surface area contributed by atoms with Crippen LogP contribution in [0.4, 0.5) is 0 Å². The zero-order valence-electron chi connectivity index (χ0n) is 12.1. The van der Waals surface area contributed by atoms with E-state index in [1.807, 2.05) is 13.8 Å². The van der Waals surface area contributed by atoms with Crippen LogP contribution in [-0.4, -0.2) is 34.2 Å². The largest absolute Gasteiger partial charge is 0.244 e. The molecule has 2 rings (SSSR count). The summed E-state index contributed by atoms with van der Waals surface area (Å²) in [5, 5.41) is 5.13. The second-order valence-electron chi connectivity index (χ2n) is 6.10. The first-order chi connectivity index (χ1) is 9.54. The molecule has 0 radical (unpaired) electrons. The SMILES string of the molecule is CC1(C)CCCN(S(=O)(=O)c2ccccc2S(N)(=O)=O)C1. The molecule has 1 heterocycles. The highest BCUT2D eigenvalue weighted by atomic mass is 32.2. The molecule has 8 heteroatoms. The Bertz CT molecular complexity index is 739. The molecular weight excluding hydrogens is 312 g/mol. The van der Waals surface area contributed by atoms with E-state index in [1.54, 1.807) is 0 Å². The molecule has 1 fully saturated rings. The van der Waals surface area contributed by atoms with Crippen molar-refractivity contribution in [2.45, 2.75) is 36.5 Å². The predicted octanol–water partition coefficient (Wildman–Crippen LogP) is 1.14. The Labute approximate surface area is 126 Å². The molecule has 0 saturated carbocycles. The van der Waals surface area contributed by atoms with Crippen LogP contribution in [0, 0.1) is 5.41 Å². The van der Waals surface area contributed by atoms with E-state index in [9.17, 15) is 16.8 Å². The van der Waals surface area contributed by atoms with Gasteiger partial charge in [-0.3, -0.25) is 0 Å². The van der Waals surface area contributed by atoms with E-state index in [2.05, 4.69) is 0 Å². The summed E-state index contributed by atoms with van der Waals surface area (Å²) >= 11 is 0. The van der Waals surface area contributed by atoms with Gasteiger partial charge in [-0.2, -0.15) is 4.31 Å². The normalized spacial score (nSPS) is 20.3. The molecule has 0 atom stereocenters. The molecule has 1 saturated heterocycles. The maximum absolute atomic E-state index is 12.7. The van der Waals surface area contributed by atoms with Gasteiger partial charge >= 0.3 is 0 Å². The quantitative estimate of drug-likeness (QED) is 0.897. The number of sulfonamides is 2. The lowest BCUT2D eigenvalue weighted by Gasteiger charge is -2.37. The monoisotopic (exact) mass is 332 g/mol. The number of hydrogen-bond acceptors (Lipinski definition) is 4. The number of nitrogens with two attached hydrogens (primary N) is 1. The predicted molar refractivity (Wildman–Crippen MR) is 79.6 cm³/mol. The topological polar surface area (TPSA) is 97.5 Å². The lowest BCUT2D eigenvalue weighted by Crippen LogP contribution is -2.43. The number of primary sulfonamides is 1. The second kappa shape index (κ2) is 5.35. The first-order valence-electron chi connectivity index (χ1n) is 6.66. The molecule has 1 aromatic rings. The van der Waals surface area contributed by atoms with E-state index in [1.165, 1.54) is 28.6 Å². The van der Waals surface area contributed by atoms with Crippen molar-refractivity contribution in [1.82, 2.24) is 4.31 Å². The van der Waals surface area contributed by atoms with Gasteiger partial charge in [-0.05, 0) is 30.4 Å². The summed E-state index contributed by atoms with van der Waals surface area (Å²) in [6, 6.07) is 5.46. The van der Waals surface area contributed by atoms with Gasteiger partial charge in [0.25, 0.3) is 0 Å². The standard InChI is InChI=1S/C13H20N2O4S2/c1-13(2)8-5-9-15(10-13)21(18,19)12-7-4-3-6-11(12)20(14,16)17/h3-4,6-7H,5,8-10H2,1-2H3,(H2,14,16,17). The Hall–Kier alpha value is -0.960. The lowest BCUT2D eigenvalue weighted by atomic mass is 9.85. The van der Waals surface area contributed by atoms with Crippen molar-refractivity contribution < 1.29 is 16.8 Å². The second-order valence-corrected chi connectivity index (χ2v) is 9.53. The summed E-state index contributed by atoms with van der Waals surface area (Å²) < 4.78 is 50.1. The molecule has 0 aromatic heterocycles. The third-order valence-electron chi connectivity index (χ3n) is 3.64. The van der Waals surface area contributed by atoms with E-state index in [0.29, 0.717) is 13.1 Å². The molecule has 0 spiro atoms. The average molecular weight is 332 g/mol. The Morgan fingerprint density at radius 3 is 2.19 bits per heavy atom. The first-order valence-corrected chi connectivity index (χ1v) is 9.65. The van der Waals surface area contributed by atoms with Gasteiger partial charge in [0, 0.05) is 13.1 Å². The molecule has 2 N–H and O–H groups in total. The minimum atomic E-state index is -4.09. The first kappa shape index (κ1) is 16.4. The van der Waals surface area contributed by atoms with Crippen LogP contribution in [-0.2, 0) is 20.0 Å². The number of hydrogen-bond donors (Lipinski definition) is 1. The van der Waals surface area contributed by atoms with Crippen molar-refractivity contribution in [3.8, 4) is 0 Å². The van der Waals surface area contributed by atoms with Crippen molar-refractivity contribution in [3.63, 3.8) is 0 Å². The van der Waals surface area contributed by atoms with Crippen molar-refractivity contribution >= 4 is 20.0 Å². The van der Waals surface area contributed by atoms with Crippen LogP contribution in [0.1, 0.15) is 26.7 Å². The summed E-state index contributed by atoms with van der Waals surface area (Å²) in [6.07, 6.45) is 1.69. The number of rotatable bonds is 3. The van der Waals surface area contributed by atoms with Crippen LogP contribution < -0.4 is 5.14 Å². The van der Waals surface area contributed by atoms with Crippen LogP contribution >= 0.6 is 0 Å². The molecule has 0 aliphatic carbocycles. The minimum absolute atomic E-state index is 0.123. The number of benzene rings is 1. The minimum Gasteiger partial charge on any atom is -0.225 e. The van der Waals surface area contributed by atoms with E-state index in [0.717, 1.165) is 12.8 Å². The van der Waals surface area contributed by atoms with Crippen molar-refractivity contribution in [1.29, 1.82) is 0 Å². The molecule has 21 heavy (non-hydrogen) atoms. The van der Waals surface area contributed by atoms with Gasteiger partial charge in [0.05, 0.1) is 0 Å². The molecule has 0 unspecified atom stereocenters. The van der Waals surface area contributed by atoms with Gasteiger partial charge in [-0.1, -0.05) is 26.0 Å². The van der Waals surface area contributed by atoms with E-state index < -0.39 is 20.0 Å². The van der Waals surface area contributed by atoms with Crippen LogP contribution in [0.2, 0.25) is 0 Å². The Balaban J connectivity index is 2.51. The zero-order chi connectivity index (χ0) is 15.9. The van der Waals surface area contributed by atoms with Crippen molar-refractivity contribution in [2.24, 2.45) is 10.6 Å². The lowest BCUT2D eigenvalue weighted by molar-refractivity contribution is 0.186. The fraction of sp³-hybridized carbons (Fsp3) is 0.538. The summed E-state index contributed by atoms with van der Waals surface area (Å²) in [5.41, 5.74) is -0.123. The highest BCUT2D eigenvalue weighted by molar-refractivity contribution is 7.92. The zero-order valence-corrected chi connectivity index (χ0v) is 13.7. The van der Waals surface area contributed by atoms with Crippen molar-refractivity contribution in [2.75, 3.05) is 13.1 Å². The van der Waals surface area contributed by atoms with Crippen LogP contribution in [0.5, 0.6) is 0 Å². The summed E-state index contributed by atoms with van der Waals surface area (Å²) in [5.74, 6) is 0. The number of piperidine rings is 1. The highest BCUT2D eigenvalue weighted by Crippen LogP contribution is 2.33. The van der Waals surface area contributed by atoms with Crippen LogP contribution in [0.25, 0.3) is 0 Å². The van der Waals surface area contributed by atoms with Crippen LogP contribution in [0.3, 0.4) is 0 Å². The van der Waals surface area contributed by atoms with Gasteiger partial charge in [-0.15, -0.1) is 0 Å². The maximum Gasteiger partial charge on any atom is 0.244 e. The Morgan fingerprint density at radius 1 is 1.10 bits per heavy atom. The molecule has 118 valence electrons. The highest BCUT2D eigenvalue weighted by Gasteiger charge is 2.36. The molecule has 1 aliphatic rings. The van der Waals surface area contributed by atoms with Gasteiger partial charge in [0.15, 0.2) is 0 Å². The van der Waals surface area contributed by atoms with Crippen LogP contribution in [0.15, 0.2) is 34.1 Å². The smallest absolute Gasteiger partial charge is 0.225 e. The molecule has 1 aliphatic heterocycles. The average Bonchev–Trinajstić information content (AvgIpc) is 2.36. The van der Waals surface area contributed by atoms with Gasteiger partial charge in [0.1, 0.15) is 9.79 Å². The van der Waals surface area contributed by atoms with E-state index in [-0.39, 0.29) is 15.2 Å². The molecule has 0 bridgehead atoms. The third kappa shape index (κ3) is 3.45. The van der Waals surface area contributed by atoms with Crippen molar-refractivity contribution in [3.05, 3.63) is 24.3 Å². The summed E-state index contributed by atoms with van der Waals surface area (Å²) in [6.45, 7) is 4.76. The molecule has 0 amide bonds. The number of nitrogens with zero attached hydrogens (tertiary/aromatic N) is 1. The maximum atomic E-state index is 12.7. The third-order valence-corrected chi connectivity index (χ3v) is 6.64. The Morgan fingerprint density at radius 2 is 1.67 bits per heavy atom. The molecular formula is C13H20N2O4S2. The fourth-order valence-electron chi connectivity index (χ4n) is 2.61. The van der Waals surface area contributed by atoms with E-state index >= 15 is 0 Å². The van der Waals surface area contributed by atoms with Gasteiger partial charge in [0.2, 0.25) is 20.0 Å². The Kier molecular flexibility index (Phi) is 4.18. The molecule has 1 aromatic carbocycles. The molecule has 6 nitrogen and oxygen atoms in total. The summed E-state index contributed by atoms with van der Waals surface area (Å²) in [4.78, 5) is -0.599. The fourth-order valence-corrected chi connectivity index (χ4v) is 5.63. The van der Waals surface area contributed by atoms with Gasteiger partial charge < -0.3 is 0 Å². The van der Waals surface area contributed by atoms with Gasteiger partial charge in [-0.25, -0.2) is 22.0 Å².